The highest BCUT2D eigenvalue weighted by molar-refractivity contribution is 7.12. The van der Waals surface area contributed by atoms with Crippen molar-refractivity contribution in [3.05, 3.63) is 57.8 Å². The molecule has 0 saturated carbocycles. The van der Waals surface area contributed by atoms with Gasteiger partial charge >= 0.3 is 0 Å². The molecule has 1 saturated heterocycles. The van der Waals surface area contributed by atoms with E-state index in [4.69, 9.17) is 0 Å². The second kappa shape index (κ2) is 10.6. The maximum atomic E-state index is 13.0. The van der Waals surface area contributed by atoms with Gasteiger partial charge in [0, 0.05) is 24.7 Å². The first-order valence-corrected chi connectivity index (χ1v) is 11.8. The van der Waals surface area contributed by atoms with Crippen molar-refractivity contribution in [2.45, 2.75) is 52.1 Å². The van der Waals surface area contributed by atoms with Crippen LogP contribution in [-0.2, 0) is 4.79 Å². The summed E-state index contributed by atoms with van der Waals surface area (Å²) < 4.78 is 0. The fraction of sp³-hybridized carbons (Fsp3) is 0.458. The zero-order chi connectivity index (χ0) is 22.4. The summed E-state index contributed by atoms with van der Waals surface area (Å²) in [5, 5.41) is 7.82. The molecule has 1 aliphatic heterocycles. The summed E-state index contributed by atoms with van der Waals surface area (Å²) in [6.45, 7) is 7.05. The second-order valence-corrected chi connectivity index (χ2v) is 9.14. The van der Waals surface area contributed by atoms with Gasteiger partial charge in [-0.2, -0.15) is 0 Å². The summed E-state index contributed by atoms with van der Waals surface area (Å²) in [5.74, 6) is -0.366. The molecule has 6 nitrogen and oxygen atoms in total. The van der Waals surface area contributed by atoms with Crippen molar-refractivity contribution in [3.8, 4) is 0 Å². The van der Waals surface area contributed by atoms with Gasteiger partial charge in [0.25, 0.3) is 11.8 Å². The van der Waals surface area contributed by atoms with Crippen LogP contribution in [0.4, 0.5) is 0 Å². The van der Waals surface area contributed by atoms with Gasteiger partial charge in [0.1, 0.15) is 6.04 Å². The summed E-state index contributed by atoms with van der Waals surface area (Å²) in [4.78, 5) is 41.0. The second-order valence-electron chi connectivity index (χ2n) is 8.19. The summed E-state index contributed by atoms with van der Waals surface area (Å²) in [6, 6.07) is 10.6. The van der Waals surface area contributed by atoms with E-state index in [0.29, 0.717) is 30.8 Å². The van der Waals surface area contributed by atoms with Gasteiger partial charge in [0.2, 0.25) is 5.91 Å². The van der Waals surface area contributed by atoms with E-state index in [9.17, 15) is 14.4 Å². The Kier molecular flexibility index (Phi) is 7.85. The van der Waals surface area contributed by atoms with Crippen molar-refractivity contribution in [2.75, 3.05) is 13.1 Å². The van der Waals surface area contributed by atoms with Crippen LogP contribution in [0, 0.1) is 12.8 Å². The van der Waals surface area contributed by atoms with Gasteiger partial charge in [-0.3, -0.25) is 14.4 Å². The lowest BCUT2D eigenvalue weighted by Gasteiger charge is -2.36. The van der Waals surface area contributed by atoms with Crippen LogP contribution in [0.2, 0.25) is 0 Å². The fourth-order valence-electron chi connectivity index (χ4n) is 3.87. The number of carbonyl (C=O) groups excluding carboxylic acids is 3. The summed E-state index contributed by atoms with van der Waals surface area (Å²) in [5.41, 5.74) is 1.68. The molecule has 1 aliphatic rings. The van der Waals surface area contributed by atoms with Crippen molar-refractivity contribution in [1.82, 2.24) is 15.5 Å². The normalized spacial score (nSPS) is 16.4. The summed E-state index contributed by atoms with van der Waals surface area (Å²) in [6.07, 6.45) is 2.16. The Bertz CT molecular complexity index is 905. The largest absolute Gasteiger partial charge is 0.352 e. The molecule has 166 valence electrons. The molecule has 1 fully saturated rings. The van der Waals surface area contributed by atoms with Crippen LogP contribution in [0.5, 0.6) is 0 Å². The van der Waals surface area contributed by atoms with E-state index in [1.807, 2.05) is 61.4 Å². The maximum absolute atomic E-state index is 13.0. The highest BCUT2D eigenvalue weighted by Crippen LogP contribution is 2.24. The Morgan fingerprint density at radius 1 is 1.10 bits per heavy atom. The average molecular weight is 442 g/mol. The molecule has 3 amide bonds. The van der Waals surface area contributed by atoms with Crippen LogP contribution in [0.1, 0.15) is 58.7 Å². The number of rotatable bonds is 7. The van der Waals surface area contributed by atoms with Gasteiger partial charge < -0.3 is 15.5 Å². The van der Waals surface area contributed by atoms with E-state index in [2.05, 4.69) is 10.6 Å². The minimum atomic E-state index is -0.612. The SMILES string of the molecule is CC[C@@H](C)NC(=O)[C@@H](NC(=O)c1cccs1)C1CCN(C(=O)c2ccccc2C)CC1. The lowest BCUT2D eigenvalue weighted by atomic mass is 9.88. The molecule has 31 heavy (non-hydrogen) atoms. The Hall–Kier alpha value is -2.67. The van der Waals surface area contributed by atoms with Gasteiger partial charge in [-0.1, -0.05) is 31.2 Å². The number of nitrogens with zero attached hydrogens (tertiary/aromatic N) is 1. The molecule has 2 atom stereocenters. The lowest BCUT2D eigenvalue weighted by molar-refractivity contribution is -0.125. The van der Waals surface area contributed by atoms with Crippen LogP contribution in [0.3, 0.4) is 0 Å². The molecular weight excluding hydrogens is 410 g/mol. The number of nitrogens with one attached hydrogen (secondary N) is 2. The van der Waals surface area contributed by atoms with Crippen LogP contribution >= 0.6 is 11.3 Å². The van der Waals surface area contributed by atoms with Crippen molar-refractivity contribution in [3.63, 3.8) is 0 Å². The number of benzene rings is 1. The van der Waals surface area contributed by atoms with Crippen molar-refractivity contribution >= 4 is 29.1 Å². The topological polar surface area (TPSA) is 78.5 Å². The first-order chi connectivity index (χ1) is 14.9. The number of thiophene rings is 1. The number of likely N-dealkylation sites (tertiary alicyclic amines) is 1. The van der Waals surface area contributed by atoms with Crippen LogP contribution in [0.15, 0.2) is 41.8 Å². The Labute approximate surface area is 188 Å². The van der Waals surface area contributed by atoms with Crippen molar-refractivity contribution < 1.29 is 14.4 Å². The zero-order valence-electron chi connectivity index (χ0n) is 18.4. The van der Waals surface area contributed by atoms with E-state index in [1.54, 1.807) is 6.07 Å². The molecule has 0 radical (unpaired) electrons. The monoisotopic (exact) mass is 441 g/mol. The van der Waals surface area contributed by atoms with E-state index >= 15 is 0 Å². The minimum Gasteiger partial charge on any atom is -0.352 e. The number of aryl methyl sites for hydroxylation is 1. The first kappa shape index (κ1) is 23.0. The number of hydrogen-bond acceptors (Lipinski definition) is 4. The summed E-state index contributed by atoms with van der Waals surface area (Å²) in [7, 11) is 0. The fourth-order valence-corrected chi connectivity index (χ4v) is 4.50. The predicted octanol–water partition coefficient (Wildman–Crippen LogP) is 3.62. The van der Waals surface area contributed by atoms with Crippen LogP contribution in [0.25, 0.3) is 0 Å². The zero-order valence-corrected chi connectivity index (χ0v) is 19.2. The molecule has 3 rings (SSSR count). The standard InChI is InChI=1S/C24H31N3O3S/c1-4-17(3)25-23(29)21(26-22(28)20-10-7-15-31-20)18-11-13-27(14-12-18)24(30)19-9-6-5-8-16(19)2/h5-10,15,17-18,21H,4,11-14H2,1-3H3,(H,25,29)(H,26,28)/t17-,21+/m1/s1. The molecule has 0 bridgehead atoms. The van der Waals surface area contributed by atoms with Crippen molar-refractivity contribution in [1.29, 1.82) is 0 Å². The Balaban J connectivity index is 1.68. The molecule has 2 N–H and O–H groups in total. The minimum absolute atomic E-state index is 0.0195. The predicted molar refractivity (Wildman–Crippen MR) is 123 cm³/mol. The maximum Gasteiger partial charge on any atom is 0.262 e. The molecule has 0 spiro atoms. The molecule has 0 aliphatic carbocycles. The number of amides is 3. The molecule has 2 heterocycles. The van der Waals surface area contributed by atoms with Gasteiger partial charge in [0.15, 0.2) is 0 Å². The molecule has 1 aromatic heterocycles. The van der Waals surface area contributed by atoms with Crippen LogP contribution in [-0.4, -0.2) is 47.8 Å². The molecule has 2 aromatic rings. The lowest BCUT2D eigenvalue weighted by Crippen LogP contribution is -2.55. The van der Waals surface area contributed by atoms with E-state index in [1.165, 1.54) is 11.3 Å². The van der Waals surface area contributed by atoms with Gasteiger partial charge in [-0.05, 0) is 62.1 Å². The van der Waals surface area contributed by atoms with Gasteiger partial charge in [-0.15, -0.1) is 11.3 Å². The third-order valence-corrected chi connectivity index (χ3v) is 6.86. The molecule has 7 heteroatoms. The molecule has 0 unspecified atom stereocenters. The first-order valence-electron chi connectivity index (χ1n) is 10.9. The highest BCUT2D eigenvalue weighted by Gasteiger charge is 2.34. The number of hydrogen-bond donors (Lipinski definition) is 2. The number of piperidine rings is 1. The molecular formula is C24H31N3O3S. The van der Waals surface area contributed by atoms with E-state index < -0.39 is 6.04 Å². The van der Waals surface area contributed by atoms with E-state index in [-0.39, 0.29) is 29.7 Å². The Morgan fingerprint density at radius 2 is 1.81 bits per heavy atom. The third kappa shape index (κ3) is 5.73. The average Bonchev–Trinajstić information content (AvgIpc) is 3.32. The number of carbonyl (C=O) groups is 3. The molecule has 1 aromatic carbocycles. The van der Waals surface area contributed by atoms with Crippen molar-refractivity contribution in [2.24, 2.45) is 5.92 Å². The summed E-state index contributed by atoms with van der Waals surface area (Å²) >= 11 is 1.36. The third-order valence-electron chi connectivity index (χ3n) is 5.99. The van der Waals surface area contributed by atoms with E-state index in [0.717, 1.165) is 17.5 Å². The Morgan fingerprint density at radius 3 is 2.42 bits per heavy atom. The van der Waals surface area contributed by atoms with Gasteiger partial charge in [0.05, 0.1) is 4.88 Å². The van der Waals surface area contributed by atoms with Gasteiger partial charge in [-0.25, -0.2) is 0 Å². The highest BCUT2D eigenvalue weighted by atomic mass is 32.1. The van der Waals surface area contributed by atoms with Crippen LogP contribution < -0.4 is 10.6 Å². The smallest absolute Gasteiger partial charge is 0.262 e. The quantitative estimate of drug-likeness (QED) is 0.689.